The number of benzene rings is 2. The minimum atomic E-state index is 0.584. The lowest BCUT2D eigenvalue weighted by Crippen LogP contribution is -1.93. The summed E-state index contributed by atoms with van der Waals surface area (Å²) in [6.45, 7) is 8.70. The summed E-state index contributed by atoms with van der Waals surface area (Å²) in [5, 5.41) is 3.44. The van der Waals surface area contributed by atoms with Crippen LogP contribution in [-0.4, -0.2) is 0 Å². The molecule has 2 rings (SSSR count). The highest BCUT2D eigenvalue weighted by Gasteiger charge is 2.00. The Bertz CT molecular complexity index is 524. The number of hydrogen-bond donors (Lipinski definition) is 1. The van der Waals surface area contributed by atoms with Gasteiger partial charge in [-0.15, -0.1) is 0 Å². The fourth-order valence-electron chi connectivity index (χ4n) is 1.94. The topological polar surface area (TPSA) is 12.0 Å². The van der Waals surface area contributed by atoms with Crippen molar-refractivity contribution in [1.29, 1.82) is 0 Å². The summed E-state index contributed by atoms with van der Waals surface area (Å²) in [4.78, 5) is 0. The summed E-state index contributed by atoms with van der Waals surface area (Å²) in [5.41, 5.74) is 6.31. The Hall–Kier alpha value is -1.76. The minimum absolute atomic E-state index is 0.584. The lowest BCUT2D eigenvalue weighted by molar-refractivity contribution is 0.867. The number of rotatable bonds is 3. The fourth-order valence-corrected chi connectivity index (χ4v) is 1.94. The monoisotopic (exact) mass is 239 g/mol. The van der Waals surface area contributed by atoms with Crippen LogP contribution in [0.1, 0.15) is 36.5 Å². The van der Waals surface area contributed by atoms with E-state index in [0.717, 1.165) is 11.4 Å². The van der Waals surface area contributed by atoms with Gasteiger partial charge in [-0.2, -0.15) is 0 Å². The van der Waals surface area contributed by atoms with E-state index in [-0.39, 0.29) is 0 Å². The van der Waals surface area contributed by atoms with Crippen LogP contribution >= 0.6 is 0 Å². The molecule has 2 aromatic carbocycles. The van der Waals surface area contributed by atoms with Gasteiger partial charge < -0.3 is 5.32 Å². The van der Waals surface area contributed by atoms with Crippen molar-refractivity contribution in [3.05, 3.63) is 59.2 Å². The lowest BCUT2D eigenvalue weighted by Gasteiger charge is -2.10. The number of anilines is 2. The van der Waals surface area contributed by atoms with Gasteiger partial charge >= 0.3 is 0 Å². The van der Waals surface area contributed by atoms with Gasteiger partial charge in [0, 0.05) is 11.4 Å². The van der Waals surface area contributed by atoms with E-state index in [1.54, 1.807) is 0 Å². The maximum absolute atomic E-state index is 3.44. The lowest BCUT2D eigenvalue weighted by atomic mass is 10.0. The van der Waals surface area contributed by atoms with Gasteiger partial charge in [0.2, 0.25) is 0 Å². The van der Waals surface area contributed by atoms with E-state index in [9.17, 15) is 0 Å². The Labute approximate surface area is 110 Å². The van der Waals surface area contributed by atoms with Gasteiger partial charge in [0.05, 0.1) is 0 Å². The highest BCUT2D eigenvalue weighted by molar-refractivity contribution is 5.61. The maximum Gasteiger partial charge on any atom is 0.0387 e. The zero-order chi connectivity index (χ0) is 13.1. The molecule has 0 amide bonds. The molecule has 1 N–H and O–H groups in total. The van der Waals surface area contributed by atoms with Crippen LogP contribution in [-0.2, 0) is 0 Å². The molecule has 18 heavy (non-hydrogen) atoms. The Morgan fingerprint density at radius 1 is 0.778 bits per heavy atom. The van der Waals surface area contributed by atoms with E-state index < -0.39 is 0 Å². The molecule has 0 radical (unpaired) electrons. The van der Waals surface area contributed by atoms with E-state index >= 15 is 0 Å². The molecule has 0 aromatic heterocycles. The van der Waals surface area contributed by atoms with Crippen LogP contribution in [0.2, 0.25) is 0 Å². The second kappa shape index (κ2) is 5.26. The van der Waals surface area contributed by atoms with Crippen molar-refractivity contribution in [1.82, 2.24) is 0 Å². The molecule has 0 heterocycles. The van der Waals surface area contributed by atoms with Crippen LogP contribution in [0, 0.1) is 13.8 Å². The van der Waals surface area contributed by atoms with Gasteiger partial charge in [-0.1, -0.05) is 32.0 Å². The van der Waals surface area contributed by atoms with Gasteiger partial charge in [-0.05, 0) is 60.7 Å². The average molecular weight is 239 g/mol. The van der Waals surface area contributed by atoms with Crippen LogP contribution in [0.15, 0.2) is 42.5 Å². The highest BCUT2D eigenvalue weighted by Crippen LogP contribution is 2.22. The van der Waals surface area contributed by atoms with Crippen molar-refractivity contribution >= 4 is 11.4 Å². The quantitative estimate of drug-likeness (QED) is 0.779. The molecule has 1 nitrogen and oxygen atoms in total. The largest absolute Gasteiger partial charge is 0.356 e. The molecule has 94 valence electrons. The fraction of sp³-hybridized carbons (Fsp3) is 0.294. The summed E-state index contributed by atoms with van der Waals surface area (Å²) in [6.07, 6.45) is 0. The van der Waals surface area contributed by atoms with Crippen molar-refractivity contribution in [2.75, 3.05) is 5.32 Å². The van der Waals surface area contributed by atoms with E-state index in [1.165, 1.54) is 16.7 Å². The molecule has 0 spiro atoms. The van der Waals surface area contributed by atoms with Crippen LogP contribution < -0.4 is 5.32 Å². The third-order valence-corrected chi connectivity index (χ3v) is 3.37. The highest BCUT2D eigenvalue weighted by atomic mass is 14.9. The Kier molecular flexibility index (Phi) is 3.71. The zero-order valence-electron chi connectivity index (χ0n) is 11.6. The van der Waals surface area contributed by atoms with Crippen LogP contribution in [0.4, 0.5) is 11.4 Å². The van der Waals surface area contributed by atoms with Gasteiger partial charge in [0.25, 0.3) is 0 Å². The van der Waals surface area contributed by atoms with Gasteiger partial charge in [0.1, 0.15) is 0 Å². The SMILES string of the molecule is Cc1ccc(Nc2ccc(C(C)C)cc2)cc1C. The Balaban J connectivity index is 2.15. The second-order valence-electron chi connectivity index (χ2n) is 5.20. The predicted octanol–water partition coefficient (Wildman–Crippen LogP) is 5.17. The van der Waals surface area contributed by atoms with Gasteiger partial charge in [-0.25, -0.2) is 0 Å². The molecular weight excluding hydrogens is 218 g/mol. The molecule has 1 heteroatoms. The molecule has 0 atom stereocenters. The second-order valence-corrected chi connectivity index (χ2v) is 5.20. The number of hydrogen-bond acceptors (Lipinski definition) is 1. The summed E-state index contributed by atoms with van der Waals surface area (Å²) in [5.74, 6) is 0.584. The third-order valence-electron chi connectivity index (χ3n) is 3.37. The average Bonchev–Trinajstić information content (AvgIpc) is 2.34. The molecule has 0 saturated heterocycles. The third kappa shape index (κ3) is 2.92. The first-order valence-corrected chi connectivity index (χ1v) is 6.50. The van der Waals surface area contributed by atoms with Gasteiger partial charge in [-0.3, -0.25) is 0 Å². The van der Waals surface area contributed by atoms with Crippen molar-refractivity contribution in [3.63, 3.8) is 0 Å². The molecule has 2 aromatic rings. The number of aryl methyl sites for hydroxylation is 2. The van der Waals surface area contributed by atoms with Crippen LogP contribution in [0.5, 0.6) is 0 Å². The molecular formula is C17H21N. The zero-order valence-corrected chi connectivity index (χ0v) is 11.6. The van der Waals surface area contributed by atoms with Crippen molar-refractivity contribution in [2.45, 2.75) is 33.6 Å². The Morgan fingerprint density at radius 3 is 1.94 bits per heavy atom. The molecule has 0 unspecified atom stereocenters. The van der Waals surface area contributed by atoms with E-state index in [2.05, 4.69) is 75.5 Å². The Morgan fingerprint density at radius 2 is 1.39 bits per heavy atom. The number of nitrogens with one attached hydrogen (secondary N) is 1. The van der Waals surface area contributed by atoms with Crippen molar-refractivity contribution in [3.8, 4) is 0 Å². The van der Waals surface area contributed by atoms with Gasteiger partial charge in [0.15, 0.2) is 0 Å². The standard InChI is InChI=1S/C17H21N/c1-12(2)15-6-9-16(10-7-15)18-17-8-5-13(3)14(4)11-17/h5-12,18H,1-4H3. The maximum atomic E-state index is 3.44. The predicted molar refractivity (Wildman–Crippen MR) is 79.7 cm³/mol. The summed E-state index contributed by atoms with van der Waals surface area (Å²) >= 11 is 0. The molecule has 0 aliphatic heterocycles. The summed E-state index contributed by atoms with van der Waals surface area (Å²) < 4.78 is 0. The summed E-state index contributed by atoms with van der Waals surface area (Å²) in [7, 11) is 0. The molecule has 0 aliphatic rings. The first-order valence-electron chi connectivity index (χ1n) is 6.50. The van der Waals surface area contributed by atoms with Crippen LogP contribution in [0.3, 0.4) is 0 Å². The van der Waals surface area contributed by atoms with E-state index in [0.29, 0.717) is 5.92 Å². The van der Waals surface area contributed by atoms with Crippen molar-refractivity contribution in [2.24, 2.45) is 0 Å². The molecule has 0 bridgehead atoms. The molecule has 0 saturated carbocycles. The molecule has 0 aliphatic carbocycles. The summed E-state index contributed by atoms with van der Waals surface area (Å²) in [6, 6.07) is 15.1. The first-order chi connectivity index (χ1) is 8.56. The van der Waals surface area contributed by atoms with Crippen LogP contribution in [0.25, 0.3) is 0 Å². The normalized spacial score (nSPS) is 10.7. The smallest absolute Gasteiger partial charge is 0.0387 e. The van der Waals surface area contributed by atoms with E-state index in [4.69, 9.17) is 0 Å². The molecule has 0 fully saturated rings. The van der Waals surface area contributed by atoms with Crippen molar-refractivity contribution < 1.29 is 0 Å². The van der Waals surface area contributed by atoms with E-state index in [1.807, 2.05) is 0 Å². The first kappa shape index (κ1) is 12.7. The minimum Gasteiger partial charge on any atom is -0.356 e.